The van der Waals surface area contributed by atoms with Crippen molar-refractivity contribution in [1.29, 1.82) is 5.26 Å². The van der Waals surface area contributed by atoms with E-state index in [9.17, 15) is 14.4 Å². The van der Waals surface area contributed by atoms with Crippen molar-refractivity contribution in [3.05, 3.63) is 75.8 Å². The van der Waals surface area contributed by atoms with Crippen LogP contribution in [0.1, 0.15) is 11.8 Å². The van der Waals surface area contributed by atoms with Crippen LogP contribution in [0.5, 0.6) is 0 Å². The van der Waals surface area contributed by atoms with Crippen LogP contribution in [0.4, 0.5) is 15.2 Å². The number of nitrogens with zero attached hydrogens (tertiary/aromatic N) is 4. The molecular formula is C22H17FN4OS. The molecule has 2 heterocycles. The van der Waals surface area contributed by atoms with E-state index in [0.717, 1.165) is 11.1 Å². The number of halogens is 1. The topological polar surface area (TPSA) is 61.9 Å². The number of hydrogen-bond donors (Lipinski definition) is 0. The number of pyridine rings is 1. The van der Waals surface area contributed by atoms with Crippen LogP contribution in [-0.2, 0) is 6.54 Å². The summed E-state index contributed by atoms with van der Waals surface area (Å²) in [5.41, 5.74) is 1.99. The molecule has 144 valence electrons. The van der Waals surface area contributed by atoms with Gasteiger partial charge >= 0.3 is 0 Å². The molecule has 4 rings (SSSR count). The molecule has 0 spiro atoms. The lowest BCUT2D eigenvalue weighted by Gasteiger charge is -2.19. The maximum absolute atomic E-state index is 13.3. The molecule has 0 fully saturated rings. The SMILES string of the molecule is CCn1cc(N(C)c2nc(-c3ccc(F)cc3)c(C#N)s2)c2ccccc2c1=O. The molecule has 0 aliphatic carbocycles. The van der Waals surface area contributed by atoms with Crippen LogP contribution >= 0.6 is 11.3 Å². The van der Waals surface area contributed by atoms with Gasteiger partial charge in [0.1, 0.15) is 22.5 Å². The Hall–Kier alpha value is -3.50. The molecule has 7 heteroatoms. The van der Waals surface area contributed by atoms with Crippen molar-refractivity contribution in [2.75, 3.05) is 11.9 Å². The summed E-state index contributed by atoms with van der Waals surface area (Å²) in [5.74, 6) is -0.340. The molecule has 0 aliphatic rings. The van der Waals surface area contributed by atoms with Gasteiger partial charge in [0.2, 0.25) is 0 Å². The minimum atomic E-state index is -0.340. The number of benzene rings is 2. The zero-order chi connectivity index (χ0) is 20.5. The first-order valence-corrected chi connectivity index (χ1v) is 9.88. The van der Waals surface area contributed by atoms with Crippen LogP contribution in [0.2, 0.25) is 0 Å². The van der Waals surface area contributed by atoms with Crippen LogP contribution in [-0.4, -0.2) is 16.6 Å². The number of thiazole rings is 1. The van der Waals surface area contributed by atoms with Gasteiger partial charge in [-0.1, -0.05) is 29.5 Å². The Morgan fingerprint density at radius 2 is 1.86 bits per heavy atom. The summed E-state index contributed by atoms with van der Waals surface area (Å²) in [7, 11) is 1.86. The van der Waals surface area contributed by atoms with E-state index in [2.05, 4.69) is 11.1 Å². The second-order valence-electron chi connectivity index (χ2n) is 6.50. The van der Waals surface area contributed by atoms with Crippen molar-refractivity contribution >= 4 is 32.9 Å². The molecule has 0 saturated carbocycles. The van der Waals surface area contributed by atoms with E-state index in [1.54, 1.807) is 16.7 Å². The Bertz CT molecular complexity index is 1300. The zero-order valence-corrected chi connectivity index (χ0v) is 16.7. The van der Waals surface area contributed by atoms with Crippen molar-refractivity contribution in [2.45, 2.75) is 13.5 Å². The Labute approximate surface area is 170 Å². The van der Waals surface area contributed by atoms with Crippen molar-refractivity contribution in [3.63, 3.8) is 0 Å². The standard InChI is InChI=1S/C22H17FN4OS/c1-3-27-13-18(16-6-4-5-7-17(16)21(27)28)26(2)22-25-20(19(12-24)29-22)14-8-10-15(23)11-9-14/h4-11,13H,3H2,1-2H3. The lowest BCUT2D eigenvalue weighted by Crippen LogP contribution is -2.21. The van der Waals surface area contributed by atoms with E-state index in [1.165, 1.54) is 23.5 Å². The molecule has 0 bridgehead atoms. The quantitative estimate of drug-likeness (QED) is 0.484. The molecule has 2 aromatic heterocycles. The van der Waals surface area contributed by atoms with Crippen molar-refractivity contribution < 1.29 is 4.39 Å². The maximum atomic E-state index is 13.3. The average molecular weight is 404 g/mol. The summed E-state index contributed by atoms with van der Waals surface area (Å²) in [5, 5.41) is 11.6. The van der Waals surface area contributed by atoms with Crippen LogP contribution < -0.4 is 10.5 Å². The van der Waals surface area contributed by atoms with E-state index in [1.807, 2.05) is 49.3 Å². The Balaban J connectivity index is 1.87. The van der Waals surface area contributed by atoms with Crippen LogP contribution in [0.25, 0.3) is 22.0 Å². The van der Waals surface area contributed by atoms with Crippen LogP contribution in [0.15, 0.2) is 59.5 Å². The Morgan fingerprint density at radius 3 is 2.52 bits per heavy atom. The maximum Gasteiger partial charge on any atom is 0.258 e. The first kappa shape index (κ1) is 18.8. The average Bonchev–Trinajstić information content (AvgIpc) is 3.19. The smallest absolute Gasteiger partial charge is 0.258 e. The lowest BCUT2D eigenvalue weighted by atomic mass is 10.1. The normalized spacial score (nSPS) is 10.8. The fourth-order valence-corrected chi connectivity index (χ4v) is 4.12. The van der Waals surface area contributed by atoms with E-state index in [-0.39, 0.29) is 11.4 Å². The lowest BCUT2D eigenvalue weighted by molar-refractivity contribution is 0.628. The molecule has 0 unspecified atom stereocenters. The second kappa shape index (κ2) is 7.49. The van der Waals surface area contributed by atoms with E-state index in [4.69, 9.17) is 0 Å². The summed E-state index contributed by atoms with van der Waals surface area (Å²) in [4.78, 5) is 19.6. The molecule has 0 amide bonds. The molecule has 29 heavy (non-hydrogen) atoms. The minimum Gasteiger partial charge on any atom is -0.319 e. The molecule has 0 atom stereocenters. The van der Waals surface area contributed by atoms with E-state index >= 15 is 0 Å². The predicted octanol–water partition coefficient (Wildman–Crippen LogP) is 4.92. The molecule has 0 aliphatic heterocycles. The highest BCUT2D eigenvalue weighted by atomic mass is 32.1. The summed E-state index contributed by atoms with van der Waals surface area (Å²) in [6, 6.07) is 15.6. The number of aryl methyl sites for hydroxylation is 1. The van der Waals surface area contributed by atoms with E-state index in [0.29, 0.717) is 33.2 Å². The first-order chi connectivity index (χ1) is 14.0. The van der Waals surface area contributed by atoms with Gasteiger partial charge in [-0.15, -0.1) is 0 Å². The van der Waals surface area contributed by atoms with Gasteiger partial charge in [0, 0.05) is 36.1 Å². The highest BCUT2D eigenvalue weighted by Gasteiger charge is 2.19. The van der Waals surface area contributed by atoms with Gasteiger partial charge in [-0.3, -0.25) is 4.79 Å². The van der Waals surface area contributed by atoms with Gasteiger partial charge in [-0.2, -0.15) is 5.26 Å². The van der Waals surface area contributed by atoms with Gasteiger partial charge in [0.15, 0.2) is 5.13 Å². The number of hydrogen-bond acceptors (Lipinski definition) is 5. The van der Waals surface area contributed by atoms with Gasteiger partial charge in [-0.25, -0.2) is 9.37 Å². The number of anilines is 2. The van der Waals surface area contributed by atoms with Crippen LogP contribution in [0.3, 0.4) is 0 Å². The summed E-state index contributed by atoms with van der Waals surface area (Å²) in [6.07, 6.45) is 1.82. The zero-order valence-electron chi connectivity index (χ0n) is 15.9. The fraction of sp³-hybridized carbons (Fsp3) is 0.136. The third kappa shape index (κ3) is 3.28. The largest absolute Gasteiger partial charge is 0.319 e. The Morgan fingerprint density at radius 1 is 1.17 bits per heavy atom. The fourth-order valence-electron chi connectivity index (χ4n) is 3.26. The van der Waals surface area contributed by atoms with Gasteiger partial charge < -0.3 is 9.47 Å². The Kier molecular flexibility index (Phi) is 4.87. The summed E-state index contributed by atoms with van der Waals surface area (Å²) in [6.45, 7) is 2.47. The predicted molar refractivity (Wildman–Crippen MR) is 114 cm³/mol. The molecule has 5 nitrogen and oxygen atoms in total. The van der Waals surface area contributed by atoms with Crippen molar-refractivity contribution in [2.24, 2.45) is 0 Å². The highest BCUT2D eigenvalue weighted by Crippen LogP contribution is 2.37. The van der Waals surface area contributed by atoms with E-state index < -0.39 is 0 Å². The first-order valence-electron chi connectivity index (χ1n) is 9.06. The highest BCUT2D eigenvalue weighted by molar-refractivity contribution is 7.16. The van der Waals surface area contributed by atoms with Crippen molar-refractivity contribution in [3.8, 4) is 17.3 Å². The molecule has 2 aromatic carbocycles. The molecule has 4 aromatic rings. The number of nitriles is 1. The van der Waals surface area contributed by atoms with Crippen LogP contribution in [0, 0.1) is 17.1 Å². The van der Waals surface area contributed by atoms with Crippen molar-refractivity contribution in [1.82, 2.24) is 9.55 Å². The van der Waals surface area contributed by atoms with Gasteiger partial charge in [0.25, 0.3) is 5.56 Å². The molecule has 0 radical (unpaired) electrons. The molecule has 0 N–H and O–H groups in total. The molecular weight excluding hydrogens is 387 g/mol. The number of rotatable bonds is 4. The summed E-state index contributed by atoms with van der Waals surface area (Å²) < 4.78 is 14.9. The second-order valence-corrected chi connectivity index (χ2v) is 7.48. The third-order valence-electron chi connectivity index (χ3n) is 4.80. The molecule has 0 saturated heterocycles. The third-order valence-corrected chi connectivity index (χ3v) is 5.83. The van der Waals surface area contributed by atoms with Gasteiger partial charge in [-0.05, 0) is 37.3 Å². The minimum absolute atomic E-state index is 0.0379. The number of aromatic nitrogens is 2. The monoisotopic (exact) mass is 404 g/mol. The summed E-state index contributed by atoms with van der Waals surface area (Å²) >= 11 is 1.26. The van der Waals surface area contributed by atoms with Gasteiger partial charge in [0.05, 0.1) is 5.69 Å². The number of fused-ring (bicyclic) bond motifs is 1.